The molecule has 0 amide bonds. The van der Waals surface area contributed by atoms with Crippen LogP contribution >= 0.6 is 0 Å². The second-order valence-corrected chi connectivity index (χ2v) is 20.7. The zero-order valence-electron chi connectivity index (χ0n) is 43.0. The van der Waals surface area contributed by atoms with Crippen molar-refractivity contribution in [3.63, 3.8) is 0 Å². The molecule has 8 aliphatic heterocycles. The topological polar surface area (TPSA) is 47.2 Å². The molecule has 10 heteroatoms. The van der Waals surface area contributed by atoms with E-state index >= 15 is 0 Å². The monoisotopic (exact) mass is 852 g/mol. The maximum atomic E-state index is 5.10. The van der Waals surface area contributed by atoms with Crippen molar-refractivity contribution in [2.24, 2.45) is 17.8 Å². The molecule has 10 nitrogen and oxygen atoms in total. The van der Waals surface area contributed by atoms with Crippen LogP contribution in [0, 0.1) is 17.8 Å². The first-order valence-corrected chi connectivity index (χ1v) is 25.5. The van der Waals surface area contributed by atoms with E-state index in [1.807, 2.05) is 0 Å². The van der Waals surface area contributed by atoms with Gasteiger partial charge in [0.1, 0.15) is 0 Å². The molecule has 0 saturated carbocycles. The third-order valence-electron chi connectivity index (χ3n) is 13.9. The molecule has 0 aromatic rings. The third-order valence-corrected chi connectivity index (χ3v) is 13.9. The molecule has 8 aliphatic rings. The largest absolute Gasteiger partial charge is 0.379 e. The summed E-state index contributed by atoms with van der Waals surface area (Å²) in [5, 5.41) is 3.43. The second kappa shape index (κ2) is 36.9. The first-order valence-electron chi connectivity index (χ1n) is 25.5. The van der Waals surface area contributed by atoms with E-state index in [0.29, 0.717) is 0 Å². The van der Waals surface area contributed by atoms with Crippen molar-refractivity contribution in [3.8, 4) is 0 Å². The van der Waals surface area contributed by atoms with Crippen LogP contribution in [0.4, 0.5) is 0 Å². The number of ether oxygens (including phenoxy) is 1. The van der Waals surface area contributed by atoms with Crippen LogP contribution in [0.5, 0.6) is 0 Å². The molecule has 0 spiro atoms. The van der Waals surface area contributed by atoms with Crippen molar-refractivity contribution in [2.45, 2.75) is 137 Å². The first kappa shape index (κ1) is 57.6. The summed E-state index contributed by atoms with van der Waals surface area (Å²) < 4.78 is 5.10. The molecule has 8 rings (SSSR count). The second-order valence-electron chi connectivity index (χ2n) is 20.7. The average Bonchev–Trinajstić information content (AvgIpc) is 3.80. The van der Waals surface area contributed by atoms with Gasteiger partial charge in [0.25, 0.3) is 0 Å². The van der Waals surface area contributed by atoms with E-state index in [0.717, 1.165) is 56.1 Å². The average molecular weight is 852 g/mol. The van der Waals surface area contributed by atoms with E-state index in [1.54, 1.807) is 0 Å². The molecular weight excluding hydrogens is 743 g/mol. The van der Waals surface area contributed by atoms with Crippen LogP contribution in [0.3, 0.4) is 0 Å². The van der Waals surface area contributed by atoms with Gasteiger partial charge in [0.15, 0.2) is 0 Å². The molecule has 8 heterocycles. The number of piperidine rings is 3. The Kier molecular flexibility index (Phi) is 35.4. The molecule has 3 atom stereocenters. The number of nitrogens with one attached hydrogen (secondary N) is 1. The zero-order valence-corrected chi connectivity index (χ0v) is 43.0. The van der Waals surface area contributed by atoms with Crippen LogP contribution in [0.15, 0.2) is 0 Å². The van der Waals surface area contributed by atoms with Gasteiger partial charge in [-0.3, -0.25) is 0 Å². The highest BCUT2D eigenvalue weighted by atomic mass is 16.5. The molecule has 3 unspecified atom stereocenters. The number of likely N-dealkylation sites (N-methyl/N-ethyl adjacent to an activating group) is 3. The highest BCUT2D eigenvalue weighted by Gasteiger charge is 2.15. The number of morpholine rings is 1. The van der Waals surface area contributed by atoms with Crippen LogP contribution in [-0.2, 0) is 4.74 Å². The van der Waals surface area contributed by atoms with Gasteiger partial charge in [0.2, 0.25) is 0 Å². The normalized spacial score (nSPS) is 28.6. The molecule has 0 bridgehead atoms. The standard InChI is InChI=1S/4C7H15N.C6H14N2.C6H13N.C5H11NO.C5H11N/c2*1-7-3-5-8(2)6-4-7;1-6-3-4-7(2)8-5-6;1-8-6-4-2-3-5-7-8;1-7-3-5-8(2)6-4-7;1-6-4-3-5-7(6)2;1-6-2-4-7-5-3-6;1-6-4-2-3-5-6/h2*7H,3-6H2,1-2H3;6-8H,3-5H2,1-2H3;2-7H2,1H3;3-6H2,1-2H3;6H,3-5H2,1-2H3;2-5H2,1H3;2-5H2,1H3. The van der Waals surface area contributed by atoms with E-state index in [4.69, 9.17) is 4.74 Å². The van der Waals surface area contributed by atoms with Gasteiger partial charge in [-0.25, -0.2) is 0 Å². The van der Waals surface area contributed by atoms with Gasteiger partial charge < -0.3 is 49.3 Å². The lowest BCUT2D eigenvalue weighted by Gasteiger charge is -2.28. The number of piperazine rings is 1. The maximum Gasteiger partial charge on any atom is 0.0594 e. The highest BCUT2D eigenvalue weighted by Crippen LogP contribution is 2.15. The fraction of sp³-hybridized carbons (Fsp3) is 1.00. The van der Waals surface area contributed by atoms with Gasteiger partial charge in [-0.15, -0.1) is 0 Å². The Morgan fingerprint density at radius 2 is 0.700 bits per heavy atom. The third kappa shape index (κ3) is 34.1. The van der Waals surface area contributed by atoms with Gasteiger partial charge >= 0.3 is 0 Å². The summed E-state index contributed by atoms with van der Waals surface area (Å²) in [5.41, 5.74) is 0. The van der Waals surface area contributed by atoms with Gasteiger partial charge in [-0.2, -0.15) is 0 Å². The zero-order chi connectivity index (χ0) is 44.5. The van der Waals surface area contributed by atoms with Crippen LogP contribution in [0.2, 0.25) is 0 Å². The van der Waals surface area contributed by atoms with Crippen molar-refractivity contribution < 1.29 is 4.74 Å². The summed E-state index contributed by atoms with van der Waals surface area (Å²) in [7, 11) is 17.4. The minimum absolute atomic E-state index is 0.770. The van der Waals surface area contributed by atoms with Gasteiger partial charge in [0.05, 0.1) is 13.2 Å². The van der Waals surface area contributed by atoms with E-state index in [9.17, 15) is 0 Å². The van der Waals surface area contributed by atoms with Crippen LogP contribution in [-0.4, -0.2) is 226 Å². The lowest BCUT2D eigenvalue weighted by molar-refractivity contribution is 0.0503. The Balaban J connectivity index is 0.000000343. The molecule has 60 heavy (non-hydrogen) atoms. The summed E-state index contributed by atoms with van der Waals surface area (Å²) >= 11 is 0. The van der Waals surface area contributed by atoms with Crippen molar-refractivity contribution >= 4 is 0 Å². The summed E-state index contributed by atoms with van der Waals surface area (Å²) in [5.74, 6) is 2.86. The predicted molar refractivity (Wildman–Crippen MR) is 265 cm³/mol. The molecular formula is C50H109N9O. The van der Waals surface area contributed by atoms with Gasteiger partial charge in [-0.05, 0) is 230 Å². The first-order chi connectivity index (χ1) is 28.6. The van der Waals surface area contributed by atoms with Crippen LogP contribution in [0.25, 0.3) is 0 Å². The SMILES string of the molecule is CC1CCC(C)NC1.CC1CCCN1C.CC1CCN(C)CC1.CC1CCN(C)CC1.CN1CCCC1.CN1CCCCCC1.CN1CCN(C)CC1.CN1CCOCC1. The Hall–Kier alpha value is -0.400. The van der Waals surface area contributed by atoms with Gasteiger partial charge in [-0.1, -0.05) is 33.6 Å². The number of likely N-dealkylation sites (tertiary alicyclic amines) is 5. The summed E-state index contributed by atoms with van der Waals surface area (Å²) in [6, 6.07) is 1.62. The van der Waals surface area contributed by atoms with E-state index in [2.05, 4.69) is 136 Å². The van der Waals surface area contributed by atoms with Crippen LogP contribution < -0.4 is 5.32 Å². The quantitative estimate of drug-likeness (QED) is 0.271. The van der Waals surface area contributed by atoms with E-state index in [-0.39, 0.29) is 0 Å². The molecule has 0 aliphatic carbocycles. The number of hydrogen-bond donors (Lipinski definition) is 1. The molecule has 0 radical (unpaired) electrons. The molecule has 8 saturated heterocycles. The molecule has 360 valence electrons. The molecule has 0 aromatic heterocycles. The number of nitrogens with zero attached hydrogens (tertiary/aromatic N) is 8. The Morgan fingerprint density at radius 1 is 0.333 bits per heavy atom. The Bertz CT molecular complexity index is 767. The molecule has 8 fully saturated rings. The van der Waals surface area contributed by atoms with E-state index in [1.165, 1.54) is 182 Å². The van der Waals surface area contributed by atoms with Crippen molar-refractivity contribution in [2.75, 3.05) is 174 Å². The summed E-state index contributed by atoms with van der Waals surface area (Å²) in [6.45, 7) is 33.5. The number of rotatable bonds is 0. The van der Waals surface area contributed by atoms with Crippen molar-refractivity contribution in [1.29, 1.82) is 0 Å². The summed E-state index contributed by atoms with van der Waals surface area (Å²) in [6.07, 6.45) is 19.7. The summed E-state index contributed by atoms with van der Waals surface area (Å²) in [4.78, 5) is 19.0. The Labute approximate surface area is 376 Å². The highest BCUT2D eigenvalue weighted by molar-refractivity contribution is 4.72. The lowest BCUT2D eigenvalue weighted by Crippen LogP contribution is -2.42. The maximum absolute atomic E-state index is 5.10. The molecule has 0 aromatic carbocycles. The smallest absolute Gasteiger partial charge is 0.0594 e. The number of hydrogen-bond acceptors (Lipinski definition) is 10. The van der Waals surface area contributed by atoms with E-state index < -0.39 is 0 Å². The Morgan fingerprint density at radius 3 is 0.950 bits per heavy atom. The van der Waals surface area contributed by atoms with Crippen molar-refractivity contribution in [3.05, 3.63) is 0 Å². The minimum Gasteiger partial charge on any atom is -0.379 e. The van der Waals surface area contributed by atoms with Crippen molar-refractivity contribution in [1.82, 2.24) is 44.5 Å². The fourth-order valence-electron chi connectivity index (χ4n) is 8.16. The fourth-order valence-corrected chi connectivity index (χ4v) is 8.16. The predicted octanol–water partition coefficient (Wildman–Crippen LogP) is 7.21. The molecule has 1 N–H and O–H groups in total. The van der Waals surface area contributed by atoms with Gasteiger partial charge in [0, 0.05) is 51.4 Å². The minimum atomic E-state index is 0.770. The van der Waals surface area contributed by atoms with Crippen LogP contribution in [0.1, 0.15) is 125 Å². The lowest BCUT2D eigenvalue weighted by atomic mass is 9.98.